The van der Waals surface area contributed by atoms with Crippen molar-refractivity contribution < 1.29 is 0 Å². The zero-order valence-corrected chi connectivity index (χ0v) is 10.2. The van der Waals surface area contributed by atoms with Crippen LogP contribution in [0, 0.1) is 11.3 Å². The van der Waals surface area contributed by atoms with Gasteiger partial charge in [-0.25, -0.2) is 0 Å². The summed E-state index contributed by atoms with van der Waals surface area (Å²) in [5.41, 5.74) is 2.61. The van der Waals surface area contributed by atoms with Crippen LogP contribution in [0.2, 0.25) is 5.02 Å². The summed E-state index contributed by atoms with van der Waals surface area (Å²) in [5.74, 6) is 0. The average molecular weight is 246 g/mol. The molecule has 2 rings (SSSR count). The van der Waals surface area contributed by atoms with Crippen molar-refractivity contribution in [2.45, 2.75) is 6.54 Å². The van der Waals surface area contributed by atoms with Crippen LogP contribution in [-0.4, -0.2) is 4.57 Å². The van der Waals surface area contributed by atoms with Gasteiger partial charge < -0.3 is 9.88 Å². The first-order valence-corrected chi connectivity index (χ1v) is 5.62. The molecule has 0 bridgehead atoms. The van der Waals surface area contributed by atoms with Crippen molar-refractivity contribution in [3.8, 4) is 6.07 Å². The average Bonchev–Trinajstić information content (AvgIpc) is 2.69. The van der Waals surface area contributed by atoms with Crippen LogP contribution < -0.4 is 5.32 Å². The molecule has 1 N–H and O–H groups in total. The fourth-order valence-corrected chi connectivity index (χ4v) is 1.85. The lowest BCUT2D eigenvalue weighted by molar-refractivity contribution is 0.902. The van der Waals surface area contributed by atoms with Crippen molar-refractivity contribution in [1.82, 2.24) is 4.57 Å². The van der Waals surface area contributed by atoms with Crippen LogP contribution in [0.5, 0.6) is 0 Å². The highest BCUT2D eigenvalue weighted by molar-refractivity contribution is 6.33. The van der Waals surface area contributed by atoms with Crippen molar-refractivity contribution in [3.05, 3.63) is 52.8 Å². The minimum absolute atomic E-state index is 0.652. The number of rotatable bonds is 3. The zero-order chi connectivity index (χ0) is 12.3. The van der Waals surface area contributed by atoms with Gasteiger partial charge in [0.15, 0.2) is 0 Å². The maximum atomic E-state index is 8.85. The highest BCUT2D eigenvalue weighted by Crippen LogP contribution is 2.21. The number of benzene rings is 1. The molecular formula is C13H12ClN3. The SMILES string of the molecule is Cn1cc(CNc2ccccc2Cl)cc1C#N. The summed E-state index contributed by atoms with van der Waals surface area (Å²) in [6.45, 7) is 0.652. The number of aryl methyl sites for hydroxylation is 1. The number of hydrogen-bond donors (Lipinski definition) is 1. The smallest absolute Gasteiger partial charge is 0.120 e. The van der Waals surface area contributed by atoms with E-state index in [0.29, 0.717) is 17.3 Å². The van der Waals surface area contributed by atoms with Gasteiger partial charge in [-0.2, -0.15) is 5.26 Å². The number of hydrogen-bond acceptors (Lipinski definition) is 2. The van der Waals surface area contributed by atoms with E-state index in [-0.39, 0.29) is 0 Å². The Bertz CT molecular complexity index is 566. The van der Waals surface area contributed by atoms with Crippen molar-refractivity contribution in [1.29, 1.82) is 5.26 Å². The Labute approximate surface area is 105 Å². The van der Waals surface area contributed by atoms with Gasteiger partial charge in [-0.05, 0) is 23.8 Å². The Morgan fingerprint density at radius 3 is 2.82 bits per heavy atom. The number of nitrogens with one attached hydrogen (secondary N) is 1. The highest BCUT2D eigenvalue weighted by Gasteiger charge is 2.03. The van der Waals surface area contributed by atoms with Gasteiger partial charge in [-0.15, -0.1) is 0 Å². The van der Waals surface area contributed by atoms with Crippen molar-refractivity contribution >= 4 is 17.3 Å². The van der Waals surface area contributed by atoms with Gasteiger partial charge in [0.05, 0.1) is 10.7 Å². The molecule has 0 aliphatic carbocycles. The molecule has 0 saturated heterocycles. The fourth-order valence-electron chi connectivity index (χ4n) is 1.64. The lowest BCUT2D eigenvalue weighted by atomic mass is 10.3. The number of nitrogens with zero attached hydrogens (tertiary/aromatic N) is 2. The molecule has 0 fully saturated rings. The second-order valence-corrected chi connectivity index (χ2v) is 4.20. The van der Waals surface area contributed by atoms with E-state index >= 15 is 0 Å². The Morgan fingerprint density at radius 2 is 2.18 bits per heavy atom. The van der Waals surface area contributed by atoms with E-state index in [0.717, 1.165) is 11.3 Å². The third-order valence-corrected chi connectivity index (χ3v) is 2.86. The minimum atomic E-state index is 0.652. The van der Waals surface area contributed by atoms with Crippen molar-refractivity contribution in [2.24, 2.45) is 7.05 Å². The predicted octanol–water partition coefficient (Wildman–Crippen LogP) is 3.16. The standard InChI is InChI=1S/C13H12ClN3/c1-17-9-10(6-11(17)7-15)8-16-13-5-3-2-4-12(13)14/h2-6,9,16H,8H2,1H3. The molecule has 2 aromatic rings. The monoisotopic (exact) mass is 245 g/mol. The van der Waals surface area contributed by atoms with E-state index in [1.165, 1.54) is 0 Å². The van der Waals surface area contributed by atoms with Crippen LogP contribution in [0.3, 0.4) is 0 Å². The highest BCUT2D eigenvalue weighted by atomic mass is 35.5. The summed E-state index contributed by atoms with van der Waals surface area (Å²) in [4.78, 5) is 0. The Kier molecular flexibility index (Phi) is 3.36. The lowest BCUT2D eigenvalue weighted by Gasteiger charge is -2.06. The van der Waals surface area contributed by atoms with Crippen molar-refractivity contribution in [3.63, 3.8) is 0 Å². The van der Waals surface area contributed by atoms with Crippen molar-refractivity contribution in [2.75, 3.05) is 5.32 Å². The molecule has 0 unspecified atom stereocenters. The van der Waals surface area contributed by atoms with E-state index in [1.54, 1.807) is 0 Å². The second-order valence-electron chi connectivity index (χ2n) is 3.79. The molecule has 4 heteroatoms. The van der Waals surface area contributed by atoms with E-state index in [4.69, 9.17) is 16.9 Å². The van der Waals surface area contributed by atoms with Gasteiger partial charge in [-0.1, -0.05) is 23.7 Å². The number of halogens is 1. The molecule has 0 amide bonds. The van der Waals surface area contributed by atoms with Crippen LogP contribution in [0.25, 0.3) is 0 Å². The molecule has 0 aliphatic rings. The summed E-state index contributed by atoms with van der Waals surface area (Å²) in [6, 6.07) is 11.6. The maximum Gasteiger partial charge on any atom is 0.120 e. The Hall–Kier alpha value is -1.92. The van der Waals surface area contributed by atoms with Crippen LogP contribution in [0.4, 0.5) is 5.69 Å². The van der Waals surface area contributed by atoms with E-state index in [2.05, 4.69) is 11.4 Å². The van der Waals surface area contributed by atoms with Crippen LogP contribution in [0.1, 0.15) is 11.3 Å². The normalized spacial score (nSPS) is 9.94. The molecule has 1 aromatic carbocycles. The number of nitriles is 1. The first-order valence-electron chi connectivity index (χ1n) is 5.24. The molecule has 0 spiro atoms. The summed E-state index contributed by atoms with van der Waals surface area (Å²) < 4.78 is 1.81. The third kappa shape index (κ3) is 2.61. The van der Waals surface area contributed by atoms with Gasteiger partial charge in [-0.3, -0.25) is 0 Å². The third-order valence-electron chi connectivity index (χ3n) is 2.53. The molecule has 0 saturated carbocycles. The van der Waals surface area contributed by atoms with Gasteiger partial charge in [0.1, 0.15) is 11.8 Å². The summed E-state index contributed by atoms with van der Waals surface area (Å²) in [6.07, 6.45) is 1.93. The molecule has 0 aliphatic heterocycles. The molecule has 17 heavy (non-hydrogen) atoms. The number of aromatic nitrogens is 1. The van der Waals surface area contributed by atoms with Crippen LogP contribution >= 0.6 is 11.6 Å². The number of para-hydroxylation sites is 1. The van der Waals surface area contributed by atoms with Crippen LogP contribution in [0.15, 0.2) is 36.5 Å². The number of anilines is 1. The first-order chi connectivity index (χ1) is 8.20. The predicted molar refractivity (Wildman–Crippen MR) is 68.9 cm³/mol. The second kappa shape index (κ2) is 4.94. The van der Waals surface area contributed by atoms with Gasteiger partial charge in [0.25, 0.3) is 0 Å². The summed E-state index contributed by atoms with van der Waals surface area (Å²) >= 11 is 6.03. The Morgan fingerprint density at radius 1 is 1.41 bits per heavy atom. The van der Waals surface area contributed by atoms with Gasteiger partial charge in [0.2, 0.25) is 0 Å². The molecule has 0 atom stereocenters. The molecule has 1 heterocycles. The topological polar surface area (TPSA) is 40.8 Å². The lowest BCUT2D eigenvalue weighted by Crippen LogP contribution is -1.98. The first kappa shape index (κ1) is 11.6. The van der Waals surface area contributed by atoms with Gasteiger partial charge in [0, 0.05) is 19.8 Å². The van der Waals surface area contributed by atoms with Crippen LogP contribution in [-0.2, 0) is 13.6 Å². The molecule has 86 valence electrons. The summed E-state index contributed by atoms with van der Waals surface area (Å²) in [7, 11) is 1.86. The molecule has 0 radical (unpaired) electrons. The fraction of sp³-hybridized carbons (Fsp3) is 0.154. The van der Waals surface area contributed by atoms with E-state index in [1.807, 2.05) is 48.1 Å². The zero-order valence-electron chi connectivity index (χ0n) is 9.44. The molecular weight excluding hydrogens is 234 g/mol. The molecule has 1 aromatic heterocycles. The maximum absolute atomic E-state index is 8.85. The van der Waals surface area contributed by atoms with E-state index in [9.17, 15) is 0 Å². The largest absolute Gasteiger partial charge is 0.380 e. The van der Waals surface area contributed by atoms with E-state index < -0.39 is 0 Å². The Balaban J connectivity index is 2.08. The minimum Gasteiger partial charge on any atom is -0.380 e. The molecule has 3 nitrogen and oxygen atoms in total. The quantitative estimate of drug-likeness (QED) is 0.902. The van der Waals surface area contributed by atoms with Gasteiger partial charge >= 0.3 is 0 Å². The summed E-state index contributed by atoms with van der Waals surface area (Å²) in [5, 5.41) is 12.8.